The van der Waals surface area contributed by atoms with E-state index in [4.69, 9.17) is 0 Å². The molecule has 102 valence electrons. The molecule has 0 amide bonds. The molecule has 0 spiro atoms. The van der Waals surface area contributed by atoms with Gasteiger partial charge in [-0.3, -0.25) is 0 Å². The normalized spacial score (nSPS) is 0. The maximum Gasteiger partial charge on any atom is 0 e. The van der Waals surface area contributed by atoms with Crippen LogP contribution < -0.4 is 0 Å². The second kappa shape index (κ2) is -0.00154. The van der Waals surface area contributed by atoms with Gasteiger partial charge in [-0.2, -0.15) is 0 Å². The summed E-state index contributed by atoms with van der Waals surface area (Å²) in [5, 5.41) is 0. The van der Waals surface area contributed by atoms with Crippen LogP contribution in [0.3, 0.4) is 0 Å². The van der Waals surface area contributed by atoms with Crippen LogP contribution in [0.25, 0.3) is 0 Å². The average molecular weight is 13600 g/mol. The molecule has 51 heavy (non-hydrogen) atoms. The minimum atomic E-state index is 0. The number of hydrogen-bond donors (Lipinski definition) is 0. The summed E-state index contributed by atoms with van der Waals surface area (Å²) in [7, 11) is 0. The summed E-state index contributed by atoms with van der Waals surface area (Å²) in [5.41, 5.74) is 0. The second-order valence-electron chi connectivity index (χ2n) is 0. The predicted octanol–water partition coefficient (Wildman–Crippen LogP) is 0. The van der Waals surface area contributed by atoms with Crippen LogP contribution in [0.15, 0.2) is 0 Å². The van der Waals surface area contributed by atoms with Gasteiger partial charge < -0.3 is 0 Å². The zero-order chi connectivity index (χ0) is 0. The fourth-order valence-corrected chi connectivity index (χ4v) is 0. The molecular weight excluding hydrogens is 13600 g/mol. The first-order chi connectivity index (χ1) is 0. The molecular formula is Rf51. The fourth-order valence-electron chi connectivity index (χ4n) is 0. The molecule has 0 fully saturated rings. The molecule has 0 nitrogen and oxygen atoms in total. The van der Waals surface area contributed by atoms with Crippen molar-refractivity contribution in [1.29, 1.82) is 0 Å². The zero-order valence-corrected chi connectivity index (χ0v) is 362. The van der Waals surface area contributed by atoms with Crippen LogP contribution in [0.1, 0.15) is 0 Å². The van der Waals surface area contributed by atoms with Crippen LogP contribution in [0.2, 0.25) is 0 Å². The van der Waals surface area contributed by atoms with Gasteiger partial charge in [0.1, 0.15) is 0 Å². The van der Waals surface area contributed by atoms with E-state index >= 15 is 0 Å². The second-order valence-corrected chi connectivity index (χ2v) is 0. The topological polar surface area (TPSA) is 0 Å². The molecule has 0 heterocycles. The van der Waals surface area contributed by atoms with Gasteiger partial charge in [-0.25, -0.2) is 0 Å². The van der Waals surface area contributed by atoms with E-state index < -0.39 is 0 Å². The molecule has 0 aromatic heterocycles. The Hall–Kier alpha value is -51.0. The molecule has 0 aromatic carbocycles. The smallest absolute Gasteiger partial charge is 0 e. The first-order valence-corrected chi connectivity index (χ1v) is 0. The van der Waals surface area contributed by atoms with E-state index in [1.807, 2.05) is 0 Å². The molecule has 0 aliphatic heterocycles. The van der Waals surface area contributed by atoms with Crippen molar-refractivity contribution in [3.05, 3.63) is 0 Å². The molecule has 0 aromatic rings. The summed E-state index contributed by atoms with van der Waals surface area (Å²) in [6.45, 7) is 0. The van der Waals surface area contributed by atoms with Crippen LogP contribution in [-0.2, 0) is 0 Å². The molecule has 0 unspecified atom stereocenters. The van der Waals surface area contributed by atoms with Gasteiger partial charge in [0.15, 0.2) is 0 Å². The van der Waals surface area contributed by atoms with E-state index in [-0.39, 0.29) is 0 Å². The Bertz CT molecular complexity index is 0. The maximum atomic E-state index is 0. The quantitative estimate of drug-likeness (QED) is 0.321. The maximum absolute atomic E-state index is 0. The van der Waals surface area contributed by atoms with Crippen molar-refractivity contribution >= 4 is 0 Å². The third-order valence-corrected chi connectivity index (χ3v) is 0. The summed E-state index contributed by atoms with van der Waals surface area (Å²) in [5.74, 6) is 0. The van der Waals surface area contributed by atoms with E-state index in [0.29, 0.717) is 0 Å². The first-order valence-electron chi connectivity index (χ1n) is 0. The Balaban J connectivity index is 0. The van der Waals surface area contributed by atoms with Crippen LogP contribution in [-0.4, -0.2) is 0 Å². The van der Waals surface area contributed by atoms with Crippen molar-refractivity contribution in [1.82, 2.24) is 0 Å². The predicted molar refractivity (Wildman–Crippen MR) is 0 cm³/mol. The summed E-state index contributed by atoms with van der Waals surface area (Å²) in [6.07, 6.45) is 0. The summed E-state index contributed by atoms with van der Waals surface area (Å²) >= 11 is 0. The molecule has 0 aliphatic rings. The Kier molecular flexibility index (Phi) is 0. The van der Waals surface area contributed by atoms with Crippen molar-refractivity contribution < 1.29 is 0 Å². The first kappa shape index (κ1) is 0. The summed E-state index contributed by atoms with van der Waals surface area (Å²) in [4.78, 5) is 0. The number of rotatable bonds is 0. The Morgan fingerprint density at radius 2 is 0.0196 bits per heavy atom. The molecule has 0 rings (SSSR count). The minimum Gasteiger partial charge on any atom is 0 e. The fraction of sp³-hybridized carbons (Fsp3) is 0. The molecule has 0 bridgehead atoms. The van der Waals surface area contributed by atoms with Crippen molar-refractivity contribution in [2.45, 2.75) is 0 Å². The standard InChI is InChI=1S/51Rf. The van der Waals surface area contributed by atoms with Crippen molar-refractivity contribution in [3.63, 3.8) is 0 Å². The van der Waals surface area contributed by atoms with E-state index in [9.17, 15) is 0 Å². The van der Waals surface area contributed by atoms with E-state index in [2.05, 4.69) is 0 Å². The van der Waals surface area contributed by atoms with Crippen molar-refractivity contribution in [2.75, 3.05) is 0 Å². The average Bonchev–Trinajstić information content (AvgIpc) is 0. The Morgan fingerprint density at radius 3 is 0.0196 bits per heavy atom. The monoisotopic (exact) mass is 13600 g/mol. The SMILES string of the molecule is [Rf].[Rf].[Rf].[Rf].[Rf].[Rf].[Rf].[Rf].[Rf].[Rf].[Rf].[Rf].[Rf].[Rf].[Rf].[Rf].[Rf].[Rf].[Rf].[Rf].[Rf].[Rf].[Rf].[Rf].[Rf].[Rf].[Rf].[Rf].[Rf].[Rf].[Rf].[Rf].[Rf].[Rf].[Rf].[Rf].[Rf].[Rf].[Rf].[Rf].[Rf].[Rf].[Rf].[Rf].[Rf].[Rf].[Rf].[Rf].[Rf].[Rf].[Rf]. The van der Waals surface area contributed by atoms with E-state index in [0.717, 1.165) is 0 Å². The van der Waals surface area contributed by atoms with Gasteiger partial charge in [-0.1, -0.05) is 0 Å². The Labute approximate surface area is 0 Å². The molecule has 0 aliphatic carbocycles. The third-order valence-electron chi connectivity index (χ3n) is 0. The van der Waals surface area contributed by atoms with E-state index in [1.54, 1.807) is 0 Å². The van der Waals surface area contributed by atoms with Crippen molar-refractivity contribution in [3.8, 4) is 0 Å². The van der Waals surface area contributed by atoms with Gasteiger partial charge in [0.05, 0.1) is 0 Å². The largest absolute Gasteiger partial charge is 0 e. The molecule has 0 atom stereocenters. The van der Waals surface area contributed by atoms with Gasteiger partial charge >= 0.3 is 0 Å². The van der Waals surface area contributed by atoms with Crippen LogP contribution in [0.4, 0.5) is 0 Å². The van der Waals surface area contributed by atoms with Crippen LogP contribution >= 0.6 is 0 Å². The summed E-state index contributed by atoms with van der Waals surface area (Å²) in [6, 6.07) is 0. The molecule has 0 radical (unpaired) electrons. The van der Waals surface area contributed by atoms with Crippen molar-refractivity contribution in [2.24, 2.45) is 0 Å². The van der Waals surface area contributed by atoms with Gasteiger partial charge in [-0.05, 0) is 0 Å². The Morgan fingerprint density at radius 1 is 0.0196 bits per heavy atom. The third kappa shape index (κ3) is -0.00346. The number of hydrogen-bond acceptors (Lipinski definition) is 0. The molecule has 51 heteroatoms. The van der Waals surface area contributed by atoms with Gasteiger partial charge in [0, 0.05) is 0 Å². The molecule has 0 saturated carbocycles. The van der Waals surface area contributed by atoms with Gasteiger partial charge in [0.25, 0.3) is 0 Å². The molecule has 0 saturated heterocycles. The summed E-state index contributed by atoms with van der Waals surface area (Å²) < 4.78 is 0. The van der Waals surface area contributed by atoms with Gasteiger partial charge in [0.2, 0.25) is 0 Å². The zero-order valence-electron chi connectivity index (χ0n) is 36.1. The van der Waals surface area contributed by atoms with E-state index in [1.165, 1.54) is 0 Å². The van der Waals surface area contributed by atoms with Crippen LogP contribution in [0.5, 0.6) is 0 Å². The van der Waals surface area contributed by atoms with Crippen LogP contribution in [0, 0.1) is 0 Å². The molecule has 0 N–H and O–H groups in total. The van der Waals surface area contributed by atoms with Gasteiger partial charge in [-0.15, -0.1) is 0 Å². The minimum absolute atomic E-state index is 0.